The van der Waals surface area contributed by atoms with Gasteiger partial charge in [-0.2, -0.15) is 0 Å². The first-order valence-corrected chi connectivity index (χ1v) is 6.36. The molecule has 0 aliphatic heterocycles. The van der Waals surface area contributed by atoms with Crippen LogP contribution in [0, 0.1) is 5.41 Å². The number of nitrogens with one attached hydrogen (secondary N) is 1. The van der Waals surface area contributed by atoms with E-state index in [1.165, 1.54) is 19.3 Å². The van der Waals surface area contributed by atoms with E-state index in [4.69, 9.17) is 4.74 Å². The van der Waals surface area contributed by atoms with E-state index in [1.807, 2.05) is 0 Å². The van der Waals surface area contributed by atoms with Gasteiger partial charge in [-0.1, -0.05) is 27.7 Å². The Kier molecular flexibility index (Phi) is 5.07. The van der Waals surface area contributed by atoms with Crippen molar-refractivity contribution in [3.63, 3.8) is 0 Å². The summed E-state index contributed by atoms with van der Waals surface area (Å²) in [6.45, 7) is 11.0. The minimum absolute atomic E-state index is 0.402. The van der Waals surface area contributed by atoms with E-state index in [-0.39, 0.29) is 0 Å². The Hall–Kier alpha value is -0.0800. The standard InChI is InChI=1S/C13H27NO/c1-5-14-11-6-7-12(10-11)15-9-8-13(2,3)4/h11-12,14H,5-10H2,1-4H3. The smallest absolute Gasteiger partial charge is 0.0590 e. The molecule has 0 spiro atoms. The summed E-state index contributed by atoms with van der Waals surface area (Å²) in [6, 6.07) is 0.703. The number of ether oxygens (including phenoxy) is 1. The molecule has 0 aromatic rings. The van der Waals surface area contributed by atoms with E-state index in [2.05, 4.69) is 33.0 Å². The first-order chi connectivity index (χ1) is 7.01. The zero-order valence-electron chi connectivity index (χ0n) is 10.8. The zero-order valence-corrected chi connectivity index (χ0v) is 10.8. The van der Waals surface area contributed by atoms with Gasteiger partial charge in [-0.25, -0.2) is 0 Å². The third-order valence-electron chi connectivity index (χ3n) is 3.08. The van der Waals surface area contributed by atoms with Gasteiger partial charge in [0.05, 0.1) is 6.10 Å². The second-order valence-corrected chi connectivity index (χ2v) is 5.87. The zero-order chi connectivity index (χ0) is 11.3. The van der Waals surface area contributed by atoms with Gasteiger partial charge < -0.3 is 10.1 Å². The summed E-state index contributed by atoms with van der Waals surface area (Å²) < 4.78 is 5.92. The summed E-state index contributed by atoms with van der Waals surface area (Å²) in [5.41, 5.74) is 0.402. The van der Waals surface area contributed by atoms with Gasteiger partial charge in [0.1, 0.15) is 0 Å². The lowest BCUT2D eigenvalue weighted by molar-refractivity contribution is 0.0410. The normalized spacial score (nSPS) is 27.2. The predicted molar refractivity (Wildman–Crippen MR) is 65.1 cm³/mol. The van der Waals surface area contributed by atoms with Crippen LogP contribution in [-0.4, -0.2) is 25.3 Å². The van der Waals surface area contributed by atoms with Crippen molar-refractivity contribution in [3.8, 4) is 0 Å². The summed E-state index contributed by atoms with van der Waals surface area (Å²) in [4.78, 5) is 0. The Morgan fingerprint density at radius 2 is 2.00 bits per heavy atom. The Bertz CT molecular complexity index is 174. The van der Waals surface area contributed by atoms with Gasteiger partial charge in [0.2, 0.25) is 0 Å². The lowest BCUT2D eigenvalue weighted by atomic mass is 9.93. The molecule has 1 aliphatic carbocycles. The first-order valence-electron chi connectivity index (χ1n) is 6.36. The van der Waals surface area contributed by atoms with Crippen molar-refractivity contribution in [2.24, 2.45) is 5.41 Å². The maximum atomic E-state index is 5.92. The fourth-order valence-corrected chi connectivity index (χ4v) is 2.10. The highest BCUT2D eigenvalue weighted by Gasteiger charge is 2.24. The average molecular weight is 213 g/mol. The lowest BCUT2D eigenvalue weighted by Crippen LogP contribution is -2.27. The largest absolute Gasteiger partial charge is 0.378 e. The van der Waals surface area contributed by atoms with Crippen LogP contribution in [0.15, 0.2) is 0 Å². The van der Waals surface area contributed by atoms with E-state index in [0.717, 1.165) is 19.6 Å². The van der Waals surface area contributed by atoms with Crippen molar-refractivity contribution < 1.29 is 4.74 Å². The van der Waals surface area contributed by atoms with E-state index in [1.54, 1.807) is 0 Å². The summed E-state index contributed by atoms with van der Waals surface area (Å²) >= 11 is 0. The fourth-order valence-electron chi connectivity index (χ4n) is 2.10. The molecule has 1 N–H and O–H groups in total. The van der Waals surface area contributed by atoms with Gasteiger partial charge in [0, 0.05) is 12.6 Å². The van der Waals surface area contributed by atoms with Crippen LogP contribution in [0.4, 0.5) is 0 Å². The van der Waals surface area contributed by atoms with Crippen LogP contribution >= 0.6 is 0 Å². The molecular weight excluding hydrogens is 186 g/mol. The Balaban J connectivity index is 2.09. The third kappa shape index (κ3) is 5.53. The quantitative estimate of drug-likeness (QED) is 0.758. The molecule has 2 nitrogen and oxygen atoms in total. The van der Waals surface area contributed by atoms with Crippen molar-refractivity contribution in [2.75, 3.05) is 13.2 Å². The molecule has 0 bridgehead atoms. The SMILES string of the molecule is CCNC1CCC(OCCC(C)(C)C)C1. The van der Waals surface area contributed by atoms with E-state index in [0.29, 0.717) is 17.6 Å². The molecule has 2 heteroatoms. The van der Waals surface area contributed by atoms with Gasteiger partial charge >= 0.3 is 0 Å². The Morgan fingerprint density at radius 1 is 1.27 bits per heavy atom. The first kappa shape index (κ1) is 13.0. The molecule has 0 saturated heterocycles. The molecule has 1 rings (SSSR count). The highest BCUT2D eigenvalue weighted by Crippen LogP contribution is 2.24. The molecule has 0 amide bonds. The molecule has 1 saturated carbocycles. The van der Waals surface area contributed by atoms with E-state index >= 15 is 0 Å². The molecule has 1 aliphatic rings. The van der Waals surface area contributed by atoms with Crippen LogP contribution in [-0.2, 0) is 4.74 Å². The molecule has 0 heterocycles. The highest BCUT2D eigenvalue weighted by molar-refractivity contribution is 4.80. The molecule has 15 heavy (non-hydrogen) atoms. The summed E-state index contributed by atoms with van der Waals surface area (Å²) in [7, 11) is 0. The Morgan fingerprint density at radius 3 is 2.60 bits per heavy atom. The number of hydrogen-bond acceptors (Lipinski definition) is 2. The summed E-state index contributed by atoms with van der Waals surface area (Å²) in [6.07, 6.45) is 5.40. The van der Waals surface area contributed by atoms with Gasteiger partial charge in [-0.15, -0.1) is 0 Å². The van der Waals surface area contributed by atoms with Crippen molar-refractivity contribution in [1.82, 2.24) is 5.32 Å². The van der Waals surface area contributed by atoms with Crippen LogP contribution in [0.25, 0.3) is 0 Å². The molecule has 0 aromatic carbocycles. The topological polar surface area (TPSA) is 21.3 Å². The van der Waals surface area contributed by atoms with Gasteiger partial charge in [0.15, 0.2) is 0 Å². The molecule has 0 aromatic heterocycles. The van der Waals surface area contributed by atoms with Crippen LogP contribution in [0.3, 0.4) is 0 Å². The van der Waals surface area contributed by atoms with Crippen molar-refractivity contribution >= 4 is 0 Å². The summed E-state index contributed by atoms with van der Waals surface area (Å²) in [5.74, 6) is 0. The summed E-state index contributed by atoms with van der Waals surface area (Å²) in [5, 5.41) is 3.50. The minimum atomic E-state index is 0.402. The van der Waals surface area contributed by atoms with Gasteiger partial charge in [-0.3, -0.25) is 0 Å². The molecular formula is C13H27NO. The molecule has 2 atom stereocenters. The number of hydrogen-bond donors (Lipinski definition) is 1. The van der Waals surface area contributed by atoms with Crippen molar-refractivity contribution in [3.05, 3.63) is 0 Å². The van der Waals surface area contributed by atoms with Crippen molar-refractivity contribution in [2.45, 2.75) is 65.5 Å². The molecule has 0 radical (unpaired) electrons. The second-order valence-electron chi connectivity index (χ2n) is 5.87. The van der Waals surface area contributed by atoms with Crippen LogP contribution < -0.4 is 5.32 Å². The average Bonchev–Trinajstić information content (AvgIpc) is 2.51. The molecule has 90 valence electrons. The monoisotopic (exact) mass is 213 g/mol. The van der Waals surface area contributed by atoms with Gasteiger partial charge in [0.25, 0.3) is 0 Å². The van der Waals surface area contributed by atoms with Crippen LogP contribution in [0.2, 0.25) is 0 Å². The van der Waals surface area contributed by atoms with Crippen LogP contribution in [0.5, 0.6) is 0 Å². The molecule has 2 unspecified atom stereocenters. The maximum absolute atomic E-state index is 5.92. The predicted octanol–water partition coefficient (Wildman–Crippen LogP) is 2.97. The van der Waals surface area contributed by atoms with E-state index in [9.17, 15) is 0 Å². The highest BCUT2D eigenvalue weighted by atomic mass is 16.5. The van der Waals surface area contributed by atoms with Crippen LogP contribution in [0.1, 0.15) is 53.4 Å². The number of rotatable bonds is 5. The van der Waals surface area contributed by atoms with Gasteiger partial charge in [-0.05, 0) is 37.6 Å². The molecule has 1 fully saturated rings. The minimum Gasteiger partial charge on any atom is -0.378 e. The third-order valence-corrected chi connectivity index (χ3v) is 3.08. The Labute approximate surface area is 94.8 Å². The van der Waals surface area contributed by atoms with Crippen molar-refractivity contribution in [1.29, 1.82) is 0 Å². The fraction of sp³-hybridized carbons (Fsp3) is 1.00. The maximum Gasteiger partial charge on any atom is 0.0590 e. The van der Waals surface area contributed by atoms with E-state index < -0.39 is 0 Å². The lowest BCUT2D eigenvalue weighted by Gasteiger charge is -2.20. The second kappa shape index (κ2) is 5.86.